The third-order valence-corrected chi connectivity index (χ3v) is 4.67. The summed E-state index contributed by atoms with van der Waals surface area (Å²) in [7, 11) is 1.77. The molecule has 0 unspecified atom stereocenters. The molecule has 0 aromatic carbocycles. The van der Waals surface area contributed by atoms with Crippen LogP contribution in [0, 0.1) is 0 Å². The number of ether oxygens (including phenoxy) is 2. The second-order valence-corrected chi connectivity index (χ2v) is 5.88. The number of nitrogens with zero attached hydrogens (tertiary/aromatic N) is 2. The highest BCUT2D eigenvalue weighted by molar-refractivity contribution is 5.46. The lowest BCUT2D eigenvalue weighted by Crippen LogP contribution is -2.32. The second-order valence-electron chi connectivity index (χ2n) is 5.88. The number of hydrazine groups is 1. The summed E-state index contributed by atoms with van der Waals surface area (Å²) in [4.78, 5) is 9.48. The zero-order chi connectivity index (χ0) is 14.7. The van der Waals surface area contributed by atoms with Crippen molar-refractivity contribution in [2.24, 2.45) is 5.84 Å². The molecule has 1 fully saturated rings. The Morgan fingerprint density at radius 2 is 1.95 bits per heavy atom. The van der Waals surface area contributed by atoms with Gasteiger partial charge in [-0.2, -0.15) is 0 Å². The van der Waals surface area contributed by atoms with Gasteiger partial charge in [-0.25, -0.2) is 15.8 Å². The summed E-state index contributed by atoms with van der Waals surface area (Å²) in [5.41, 5.74) is 4.36. The minimum atomic E-state index is -0.366. The lowest BCUT2D eigenvalue weighted by molar-refractivity contribution is -0.0355. The quantitative estimate of drug-likeness (QED) is 0.504. The number of fused-ring (bicyclic) bond motifs is 1. The number of nitrogen functional groups attached to an aromatic ring is 1. The summed E-state index contributed by atoms with van der Waals surface area (Å²) in [6.45, 7) is 1.22. The second kappa shape index (κ2) is 6.25. The molecule has 1 saturated carbocycles. The van der Waals surface area contributed by atoms with Crippen LogP contribution in [0.15, 0.2) is 0 Å². The summed E-state index contributed by atoms with van der Waals surface area (Å²) < 4.78 is 11.4. The van der Waals surface area contributed by atoms with E-state index in [4.69, 9.17) is 20.3 Å². The molecule has 3 N–H and O–H groups in total. The third-order valence-electron chi connectivity index (χ3n) is 4.67. The molecule has 0 amide bonds. The van der Waals surface area contributed by atoms with Crippen molar-refractivity contribution in [3.05, 3.63) is 17.1 Å². The van der Waals surface area contributed by atoms with Crippen molar-refractivity contribution in [3.63, 3.8) is 0 Å². The molecule has 2 aliphatic rings. The molecule has 21 heavy (non-hydrogen) atoms. The third kappa shape index (κ3) is 2.75. The molecule has 0 bridgehead atoms. The van der Waals surface area contributed by atoms with Crippen molar-refractivity contribution in [1.82, 2.24) is 9.97 Å². The van der Waals surface area contributed by atoms with E-state index >= 15 is 0 Å². The molecule has 6 heteroatoms. The Bertz CT molecular complexity index is 481. The van der Waals surface area contributed by atoms with E-state index in [0.717, 1.165) is 49.2 Å². The van der Waals surface area contributed by atoms with E-state index in [1.807, 2.05) is 0 Å². The first-order chi connectivity index (χ1) is 10.3. The number of rotatable bonds is 3. The molecule has 116 valence electrons. The van der Waals surface area contributed by atoms with Gasteiger partial charge in [0.2, 0.25) is 0 Å². The van der Waals surface area contributed by atoms with Gasteiger partial charge in [0, 0.05) is 19.1 Å². The standard InChI is InChI=1S/C15H24N4O2/c1-20-15(7-4-2-3-5-8-15)14-17-12-6-9-21-10-11(12)13(18-14)19-16/h2-10,16H2,1H3,(H,17,18,19). The van der Waals surface area contributed by atoms with Crippen LogP contribution < -0.4 is 11.3 Å². The first-order valence-corrected chi connectivity index (χ1v) is 7.79. The van der Waals surface area contributed by atoms with Crippen LogP contribution >= 0.6 is 0 Å². The highest BCUT2D eigenvalue weighted by Gasteiger charge is 2.37. The minimum Gasteiger partial charge on any atom is -0.376 e. The first kappa shape index (κ1) is 14.7. The molecule has 3 rings (SSSR count). The summed E-state index contributed by atoms with van der Waals surface area (Å²) in [5.74, 6) is 7.11. The van der Waals surface area contributed by atoms with Crippen LogP contribution in [0.25, 0.3) is 0 Å². The van der Waals surface area contributed by atoms with E-state index in [0.29, 0.717) is 19.0 Å². The minimum absolute atomic E-state index is 0.366. The molecule has 0 radical (unpaired) electrons. The van der Waals surface area contributed by atoms with Gasteiger partial charge in [0.1, 0.15) is 11.4 Å². The van der Waals surface area contributed by atoms with Crippen LogP contribution in [0.4, 0.5) is 5.82 Å². The van der Waals surface area contributed by atoms with Crippen molar-refractivity contribution in [3.8, 4) is 0 Å². The van der Waals surface area contributed by atoms with E-state index in [2.05, 4.69) is 10.4 Å². The molecule has 1 aliphatic carbocycles. The van der Waals surface area contributed by atoms with Gasteiger partial charge in [-0.05, 0) is 12.8 Å². The zero-order valence-corrected chi connectivity index (χ0v) is 12.7. The number of hydrogen-bond donors (Lipinski definition) is 2. The van der Waals surface area contributed by atoms with Gasteiger partial charge in [-0.3, -0.25) is 0 Å². The predicted molar refractivity (Wildman–Crippen MR) is 79.6 cm³/mol. The molecular weight excluding hydrogens is 268 g/mol. The predicted octanol–water partition coefficient (Wildman–Crippen LogP) is 2.03. The van der Waals surface area contributed by atoms with Crippen molar-refractivity contribution in [2.75, 3.05) is 19.1 Å². The Morgan fingerprint density at radius 1 is 1.19 bits per heavy atom. The average Bonchev–Trinajstić information content (AvgIpc) is 2.80. The van der Waals surface area contributed by atoms with E-state index in [-0.39, 0.29) is 5.60 Å². The fourth-order valence-corrected chi connectivity index (χ4v) is 3.37. The van der Waals surface area contributed by atoms with Gasteiger partial charge in [0.25, 0.3) is 0 Å². The monoisotopic (exact) mass is 292 g/mol. The van der Waals surface area contributed by atoms with Crippen LogP contribution in [-0.4, -0.2) is 23.7 Å². The molecule has 0 atom stereocenters. The van der Waals surface area contributed by atoms with Gasteiger partial charge >= 0.3 is 0 Å². The number of anilines is 1. The molecule has 1 aromatic rings. The molecule has 0 saturated heterocycles. The Labute approximate surface area is 125 Å². The number of nitrogens with one attached hydrogen (secondary N) is 1. The van der Waals surface area contributed by atoms with Crippen LogP contribution in [0.3, 0.4) is 0 Å². The molecule has 1 aromatic heterocycles. The normalized spacial score (nSPS) is 21.4. The maximum atomic E-state index is 5.91. The van der Waals surface area contributed by atoms with E-state index < -0.39 is 0 Å². The maximum Gasteiger partial charge on any atom is 0.162 e. The smallest absolute Gasteiger partial charge is 0.162 e. The SMILES string of the molecule is COC1(c2nc3c(c(NN)n2)COCC3)CCCCCC1. The van der Waals surface area contributed by atoms with Crippen LogP contribution in [0.1, 0.15) is 55.6 Å². The average molecular weight is 292 g/mol. The van der Waals surface area contributed by atoms with Crippen molar-refractivity contribution in [1.29, 1.82) is 0 Å². The molecular formula is C15H24N4O2. The molecule has 2 heterocycles. The van der Waals surface area contributed by atoms with Gasteiger partial charge in [-0.15, -0.1) is 0 Å². The maximum absolute atomic E-state index is 5.91. The van der Waals surface area contributed by atoms with Crippen LogP contribution in [0.5, 0.6) is 0 Å². The van der Waals surface area contributed by atoms with Crippen LogP contribution in [-0.2, 0) is 28.1 Å². The van der Waals surface area contributed by atoms with Gasteiger partial charge in [0.15, 0.2) is 5.82 Å². The number of hydrogen-bond acceptors (Lipinski definition) is 6. The van der Waals surface area contributed by atoms with Crippen molar-refractivity contribution >= 4 is 5.82 Å². The van der Waals surface area contributed by atoms with Crippen LogP contribution in [0.2, 0.25) is 0 Å². The summed E-state index contributed by atoms with van der Waals surface area (Å²) in [6.07, 6.45) is 7.58. The Kier molecular flexibility index (Phi) is 4.37. The van der Waals surface area contributed by atoms with Gasteiger partial charge in [-0.1, -0.05) is 25.7 Å². The largest absolute Gasteiger partial charge is 0.376 e. The topological polar surface area (TPSA) is 82.3 Å². The fraction of sp³-hybridized carbons (Fsp3) is 0.733. The molecule has 1 aliphatic heterocycles. The van der Waals surface area contributed by atoms with E-state index in [1.54, 1.807) is 7.11 Å². The lowest BCUT2D eigenvalue weighted by atomic mass is 9.92. The Hall–Kier alpha value is -1.24. The van der Waals surface area contributed by atoms with Crippen molar-refractivity contribution in [2.45, 2.75) is 57.2 Å². The molecule has 6 nitrogen and oxygen atoms in total. The first-order valence-electron chi connectivity index (χ1n) is 7.79. The summed E-state index contributed by atoms with van der Waals surface area (Å²) in [6, 6.07) is 0. The summed E-state index contributed by atoms with van der Waals surface area (Å²) >= 11 is 0. The van der Waals surface area contributed by atoms with Gasteiger partial charge in [0.05, 0.1) is 18.9 Å². The highest BCUT2D eigenvalue weighted by Crippen LogP contribution is 2.38. The summed E-state index contributed by atoms with van der Waals surface area (Å²) in [5, 5.41) is 0. The zero-order valence-electron chi connectivity index (χ0n) is 12.7. The Balaban J connectivity index is 2.03. The fourth-order valence-electron chi connectivity index (χ4n) is 3.37. The van der Waals surface area contributed by atoms with E-state index in [1.165, 1.54) is 12.8 Å². The lowest BCUT2D eigenvalue weighted by Gasteiger charge is -2.31. The number of methoxy groups -OCH3 is 1. The highest BCUT2D eigenvalue weighted by atomic mass is 16.5. The van der Waals surface area contributed by atoms with Gasteiger partial charge < -0.3 is 14.9 Å². The Morgan fingerprint density at radius 3 is 2.62 bits per heavy atom. The van der Waals surface area contributed by atoms with Crippen molar-refractivity contribution < 1.29 is 9.47 Å². The number of aromatic nitrogens is 2. The van der Waals surface area contributed by atoms with E-state index in [9.17, 15) is 0 Å². The molecule has 0 spiro atoms. The number of nitrogens with two attached hydrogens (primary N) is 1.